The van der Waals surface area contributed by atoms with Gasteiger partial charge in [-0.2, -0.15) is 0 Å². The Bertz CT molecular complexity index is 980. The number of hydrogen-bond donors (Lipinski definition) is 0. The zero-order valence-electron chi connectivity index (χ0n) is 17.1. The van der Waals surface area contributed by atoms with Crippen LogP contribution in [0.25, 0.3) is 11.1 Å². The lowest BCUT2D eigenvalue weighted by Crippen LogP contribution is -2.09. The van der Waals surface area contributed by atoms with Crippen LogP contribution in [0.4, 0.5) is 17.1 Å². The highest BCUT2D eigenvalue weighted by molar-refractivity contribution is 5.78. The first kappa shape index (κ1) is 19.0. The maximum atomic E-state index is 2.29. The lowest BCUT2D eigenvalue weighted by Gasteiger charge is -2.25. The van der Waals surface area contributed by atoms with Gasteiger partial charge in [0.15, 0.2) is 0 Å². The Kier molecular flexibility index (Phi) is 5.76. The highest BCUT2D eigenvalue weighted by Crippen LogP contribution is 2.35. The van der Waals surface area contributed by atoms with E-state index in [1.807, 2.05) is 0 Å². The summed E-state index contributed by atoms with van der Waals surface area (Å²) < 4.78 is 0. The predicted molar refractivity (Wildman–Crippen MR) is 125 cm³/mol. The third-order valence-electron chi connectivity index (χ3n) is 5.58. The summed E-state index contributed by atoms with van der Waals surface area (Å²) in [7, 11) is 0. The molecule has 1 atom stereocenters. The number of rotatable bonds is 6. The van der Waals surface area contributed by atoms with Crippen molar-refractivity contribution in [3.05, 3.63) is 115 Å². The van der Waals surface area contributed by atoms with E-state index >= 15 is 0 Å². The van der Waals surface area contributed by atoms with Crippen LogP contribution in [0.3, 0.4) is 0 Å². The van der Waals surface area contributed by atoms with Crippen LogP contribution in [0.2, 0.25) is 0 Å². The number of hydrogen-bond acceptors (Lipinski definition) is 1. The second-order valence-corrected chi connectivity index (χ2v) is 7.48. The van der Waals surface area contributed by atoms with Crippen molar-refractivity contribution in [2.24, 2.45) is 0 Å². The first-order valence-corrected chi connectivity index (χ1v) is 10.4. The lowest BCUT2D eigenvalue weighted by atomic mass is 9.96. The second kappa shape index (κ2) is 8.79. The summed E-state index contributed by atoms with van der Waals surface area (Å²) >= 11 is 0. The number of anilines is 3. The normalized spacial score (nSPS) is 11.8. The van der Waals surface area contributed by atoms with Gasteiger partial charge in [-0.05, 0) is 65.4 Å². The summed E-state index contributed by atoms with van der Waals surface area (Å²) in [6, 6.07) is 38.9. The third-order valence-corrected chi connectivity index (χ3v) is 5.58. The molecule has 4 rings (SSSR count). The van der Waals surface area contributed by atoms with Crippen molar-refractivity contribution < 1.29 is 0 Å². The van der Waals surface area contributed by atoms with Crippen LogP contribution in [0.5, 0.6) is 0 Å². The molecule has 0 radical (unpaired) electrons. The van der Waals surface area contributed by atoms with Gasteiger partial charge in [-0.25, -0.2) is 0 Å². The maximum absolute atomic E-state index is 2.29. The van der Waals surface area contributed by atoms with E-state index in [4.69, 9.17) is 0 Å². The number of nitrogens with zero attached hydrogens (tertiary/aromatic N) is 1. The fourth-order valence-electron chi connectivity index (χ4n) is 3.64. The van der Waals surface area contributed by atoms with Gasteiger partial charge in [0, 0.05) is 17.1 Å². The molecule has 0 bridgehead atoms. The maximum Gasteiger partial charge on any atom is 0.0462 e. The second-order valence-electron chi connectivity index (χ2n) is 7.48. The Morgan fingerprint density at radius 2 is 0.966 bits per heavy atom. The van der Waals surface area contributed by atoms with Crippen molar-refractivity contribution in [2.45, 2.75) is 26.2 Å². The van der Waals surface area contributed by atoms with Gasteiger partial charge in [0.1, 0.15) is 0 Å². The smallest absolute Gasteiger partial charge is 0.0462 e. The molecule has 0 fully saturated rings. The quantitative estimate of drug-likeness (QED) is 0.326. The summed E-state index contributed by atoms with van der Waals surface area (Å²) in [5.41, 5.74) is 7.38. The molecule has 0 heterocycles. The minimum Gasteiger partial charge on any atom is -0.311 e. The molecule has 0 saturated carbocycles. The van der Waals surface area contributed by atoms with E-state index < -0.39 is 0 Å². The molecular weight excluding hydrogens is 350 g/mol. The lowest BCUT2D eigenvalue weighted by molar-refractivity contribution is 0.734. The summed E-state index contributed by atoms with van der Waals surface area (Å²) in [6.45, 7) is 4.52. The van der Waals surface area contributed by atoms with Crippen LogP contribution in [-0.4, -0.2) is 0 Å². The van der Waals surface area contributed by atoms with Crippen molar-refractivity contribution in [1.29, 1.82) is 0 Å². The fourth-order valence-corrected chi connectivity index (χ4v) is 3.64. The van der Waals surface area contributed by atoms with E-state index in [1.165, 1.54) is 23.1 Å². The largest absolute Gasteiger partial charge is 0.311 e. The van der Waals surface area contributed by atoms with Crippen LogP contribution in [0.1, 0.15) is 31.7 Å². The van der Waals surface area contributed by atoms with E-state index in [9.17, 15) is 0 Å². The highest BCUT2D eigenvalue weighted by Gasteiger charge is 2.12. The molecule has 4 aromatic carbocycles. The standard InChI is InChI=1S/C28H27N/c1-3-22(2)23-14-16-24(17-15-23)25-18-20-28(21-19-25)29(26-10-6-4-7-11-26)27-12-8-5-9-13-27/h4-22H,3H2,1-2H3. The third kappa shape index (κ3) is 4.25. The van der Waals surface area contributed by atoms with Gasteiger partial charge in [-0.15, -0.1) is 0 Å². The molecular formula is C28H27N. The van der Waals surface area contributed by atoms with Crippen molar-refractivity contribution in [2.75, 3.05) is 4.90 Å². The van der Waals surface area contributed by atoms with E-state index in [-0.39, 0.29) is 0 Å². The van der Waals surface area contributed by atoms with Gasteiger partial charge in [0.05, 0.1) is 0 Å². The minimum absolute atomic E-state index is 0.608. The average molecular weight is 378 g/mol. The van der Waals surface area contributed by atoms with Crippen molar-refractivity contribution >= 4 is 17.1 Å². The van der Waals surface area contributed by atoms with Crippen LogP contribution in [0, 0.1) is 0 Å². The van der Waals surface area contributed by atoms with Crippen molar-refractivity contribution in [3.63, 3.8) is 0 Å². The van der Waals surface area contributed by atoms with E-state index in [0.29, 0.717) is 5.92 Å². The van der Waals surface area contributed by atoms with Gasteiger partial charge in [0.2, 0.25) is 0 Å². The molecule has 1 unspecified atom stereocenters. The number of para-hydroxylation sites is 2. The average Bonchev–Trinajstić information content (AvgIpc) is 2.81. The van der Waals surface area contributed by atoms with Crippen LogP contribution >= 0.6 is 0 Å². The van der Waals surface area contributed by atoms with Gasteiger partial charge in [0.25, 0.3) is 0 Å². The molecule has 4 aromatic rings. The van der Waals surface area contributed by atoms with Gasteiger partial charge in [-0.1, -0.05) is 86.6 Å². The summed E-state index contributed by atoms with van der Waals surface area (Å²) in [5, 5.41) is 0. The molecule has 1 heteroatoms. The predicted octanol–water partition coefficient (Wildman–Crippen LogP) is 8.34. The molecule has 0 spiro atoms. The van der Waals surface area contributed by atoms with Crippen LogP contribution in [-0.2, 0) is 0 Å². The van der Waals surface area contributed by atoms with Crippen LogP contribution < -0.4 is 4.90 Å². The monoisotopic (exact) mass is 377 g/mol. The Labute approximate surface area is 174 Å². The number of benzene rings is 4. The molecule has 0 amide bonds. The molecule has 0 N–H and O–H groups in total. The molecule has 0 aliphatic carbocycles. The molecule has 1 nitrogen and oxygen atoms in total. The first-order chi connectivity index (χ1) is 14.3. The first-order valence-electron chi connectivity index (χ1n) is 10.4. The Morgan fingerprint density at radius 3 is 1.41 bits per heavy atom. The van der Waals surface area contributed by atoms with Crippen LogP contribution in [0.15, 0.2) is 109 Å². The molecule has 0 saturated heterocycles. The highest BCUT2D eigenvalue weighted by atomic mass is 15.1. The summed E-state index contributed by atoms with van der Waals surface area (Å²) in [6.07, 6.45) is 1.17. The molecule has 144 valence electrons. The topological polar surface area (TPSA) is 3.24 Å². The van der Waals surface area contributed by atoms with E-state index in [1.54, 1.807) is 0 Å². The molecule has 0 aromatic heterocycles. The van der Waals surface area contributed by atoms with Crippen molar-refractivity contribution in [1.82, 2.24) is 0 Å². The Hall–Kier alpha value is -3.32. The SMILES string of the molecule is CCC(C)c1ccc(-c2ccc(N(c3ccccc3)c3ccccc3)cc2)cc1. The minimum atomic E-state index is 0.608. The molecule has 29 heavy (non-hydrogen) atoms. The zero-order valence-corrected chi connectivity index (χ0v) is 17.1. The van der Waals surface area contributed by atoms with E-state index in [2.05, 4.69) is 128 Å². The fraction of sp³-hybridized carbons (Fsp3) is 0.143. The van der Waals surface area contributed by atoms with Gasteiger partial charge < -0.3 is 4.90 Å². The Morgan fingerprint density at radius 1 is 0.552 bits per heavy atom. The van der Waals surface area contributed by atoms with Gasteiger partial charge >= 0.3 is 0 Å². The summed E-state index contributed by atoms with van der Waals surface area (Å²) in [4.78, 5) is 2.29. The zero-order chi connectivity index (χ0) is 20.1. The van der Waals surface area contributed by atoms with Gasteiger partial charge in [-0.3, -0.25) is 0 Å². The Balaban J connectivity index is 1.66. The van der Waals surface area contributed by atoms with Crippen molar-refractivity contribution in [3.8, 4) is 11.1 Å². The molecule has 0 aliphatic heterocycles. The molecule has 0 aliphatic rings. The summed E-state index contributed by atoms with van der Waals surface area (Å²) in [5.74, 6) is 0.608. The van der Waals surface area contributed by atoms with E-state index in [0.717, 1.165) is 17.1 Å².